The fraction of sp³-hybridized carbons (Fsp3) is 0.261. The Morgan fingerprint density at radius 3 is 2.66 bits per heavy atom. The molecule has 0 radical (unpaired) electrons. The minimum absolute atomic E-state index is 0.0206. The summed E-state index contributed by atoms with van der Waals surface area (Å²) in [5, 5.41) is 2.12. The number of rotatable bonds is 6. The van der Waals surface area contributed by atoms with Gasteiger partial charge in [-0.2, -0.15) is 0 Å². The highest BCUT2D eigenvalue weighted by atomic mass is 32.2. The van der Waals surface area contributed by atoms with Crippen molar-refractivity contribution in [1.82, 2.24) is 14.5 Å². The Bertz CT molecular complexity index is 1270. The summed E-state index contributed by atoms with van der Waals surface area (Å²) in [7, 11) is 0. The van der Waals surface area contributed by atoms with Crippen LogP contribution in [0.3, 0.4) is 0 Å². The molecule has 148 valence electrons. The minimum Gasteiger partial charge on any atom is -0.360 e. The van der Waals surface area contributed by atoms with Crippen LogP contribution in [-0.4, -0.2) is 26.1 Å². The fourth-order valence-corrected chi connectivity index (χ4v) is 4.64. The van der Waals surface area contributed by atoms with Crippen LogP contribution in [0.1, 0.15) is 42.7 Å². The molecule has 0 bridgehead atoms. The molecule has 2 heterocycles. The molecule has 0 aliphatic rings. The summed E-state index contributed by atoms with van der Waals surface area (Å²) in [5.41, 5.74) is 3.48. The first kappa shape index (κ1) is 19.5. The molecule has 0 aliphatic heterocycles. The van der Waals surface area contributed by atoms with E-state index in [1.165, 1.54) is 17.3 Å². The number of nitrogens with zero attached hydrogens (tertiary/aromatic N) is 2. The molecule has 0 saturated carbocycles. The van der Waals surface area contributed by atoms with Crippen molar-refractivity contribution < 1.29 is 4.79 Å². The second kappa shape index (κ2) is 7.87. The average Bonchev–Trinajstić information content (AvgIpc) is 3.16. The highest BCUT2D eigenvalue weighted by Crippen LogP contribution is 2.26. The second-order valence-corrected chi connectivity index (χ2v) is 8.23. The van der Waals surface area contributed by atoms with Crippen molar-refractivity contribution in [2.45, 2.75) is 38.4 Å². The zero-order valence-corrected chi connectivity index (χ0v) is 17.5. The van der Waals surface area contributed by atoms with Gasteiger partial charge in [-0.25, -0.2) is 4.98 Å². The lowest BCUT2D eigenvalue weighted by molar-refractivity contribution is 0.102. The molecule has 0 fully saturated rings. The van der Waals surface area contributed by atoms with E-state index in [4.69, 9.17) is 0 Å². The van der Waals surface area contributed by atoms with Gasteiger partial charge in [0.15, 0.2) is 10.9 Å². The smallest absolute Gasteiger partial charge is 0.262 e. The third kappa shape index (κ3) is 3.49. The van der Waals surface area contributed by atoms with Crippen molar-refractivity contribution in [3.63, 3.8) is 0 Å². The summed E-state index contributed by atoms with van der Waals surface area (Å²) >= 11 is 1.32. The molecule has 4 aromatic rings. The number of aromatic nitrogens is 3. The molecule has 29 heavy (non-hydrogen) atoms. The number of H-pyrrole nitrogens is 1. The van der Waals surface area contributed by atoms with E-state index in [0.717, 1.165) is 17.3 Å². The van der Waals surface area contributed by atoms with E-state index in [0.29, 0.717) is 21.6 Å². The van der Waals surface area contributed by atoms with Gasteiger partial charge in [-0.05, 0) is 38.0 Å². The summed E-state index contributed by atoms with van der Waals surface area (Å²) in [6, 6.07) is 13.3. The van der Waals surface area contributed by atoms with Crippen LogP contribution in [0.2, 0.25) is 0 Å². The lowest BCUT2D eigenvalue weighted by Crippen LogP contribution is -2.25. The van der Waals surface area contributed by atoms with E-state index in [-0.39, 0.29) is 23.1 Å². The van der Waals surface area contributed by atoms with Crippen LogP contribution >= 0.6 is 11.8 Å². The number of Topliss-reactive ketones (excluding diaryl/α,β-unsaturated/α-hetero) is 1. The van der Waals surface area contributed by atoms with Crippen LogP contribution in [0.15, 0.2) is 58.6 Å². The van der Waals surface area contributed by atoms with E-state index < -0.39 is 0 Å². The Morgan fingerprint density at radius 1 is 1.14 bits per heavy atom. The molecular formula is C23H23N3O2S. The third-order valence-corrected chi connectivity index (χ3v) is 6.06. The molecular weight excluding hydrogens is 382 g/mol. The van der Waals surface area contributed by atoms with Crippen molar-refractivity contribution in [1.29, 1.82) is 0 Å². The average molecular weight is 406 g/mol. The van der Waals surface area contributed by atoms with E-state index in [1.54, 1.807) is 16.8 Å². The lowest BCUT2D eigenvalue weighted by Gasteiger charge is -2.15. The normalized spacial score (nSPS) is 11.6. The van der Waals surface area contributed by atoms with Gasteiger partial charge in [0.1, 0.15) is 0 Å². The fourth-order valence-electron chi connectivity index (χ4n) is 3.63. The summed E-state index contributed by atoms with van der Waals surface area (Å²) < 4.78 is 1.67. The maximum atomic E-state index is 13.0. The molecule has 4 rings (SSSR count). The Kier molecular flexibility index (Phi) is 5.28. The first-order chi connectivity index (χ1) is 14.0. The Balaban J connectivity index is 1.67. The van der Waals surface area contributed by atoms with E-state index in [9.17, 15) is 9.59 Å². The monoisotopic (exact) mass is 405 g/mol. The molecule has 0 atom stereocenters. The van der Waals surface area contributed by atoms with Crippen LogP contribution in [0.5, 0.6) is 0 Å². The first-order valence-corrected chi connectivity index (χ1v) is 10.8. The minimum atomic E-state index is -0.0692. The highest BCUT2D eigenvalue weighted by Gasteiger charge is 2.18. The van der Waals surface area contributed by atoms with Gasteiger partial charge in [0.25, 0.3) is 5.56 Å². The summed E-state index contributed by atoms with van der Waals surface area (Å²) in [6.45, 7) is 6.01. The molecule has 2 aromatic heterocycles. The van der Waals surface area contributed by atoms with Crippen LogP contribution in [0.25, 0.3) is 21.8 Å². The molecule has 2 aromatic carbocycles. The Hall–Kier alpha value is -2.86. The van der Waals surface area contributed by atoms with Crippen LogP contribution in [0, 0.1) is 0 Å². The first-order valence-electron chi connectivity index (χ1n) is 9.77. The number of carbonyl (C=O) groups excluding carboxylic acids is 1. The number of para-hydroxylation sites is 2. The van der Waals surface area contributed by atoms with E-state index in [2.05, 4.69) is 23.0 Å². The Morgan fingerprint density at radius 2 is 1.90 bits per heavy atom. The predicted octanol–water partition coefficient (Wildman–Crippen LogP) is 5.00. The zero-order chi connectivity index (χ0) is 20.5. The van der Waals surface area contributed by atoms with Gasteiger partial charge in [-0.3, -0.25) is 14.2 Å². The quantitative estimate of drug-likeness (QED) is 0.279. The number of thioether (sulfide) groups is 1. The van der Waals surface area contributed by atoms with Gasteiger partial charge in [-0.15, -0.1) is 0 Å². The number of benzene rings is 2. The van der Waals surface area contributed by atoms with Gasteiger partial charge >= 0.3 is 0 Å². The summed E-state index contributed by atoms with van der Waals surface area (Å²) in [5.74, 6) is 0.244. The third-order valence-electron chi connectivity index (χ3n) is 5.11. The number of hydrogen-bond acceptors (Lipinski definition) is 4. The van der Waals surface area contributed by atoms with Crippen LogP contribution in [0.4, 0.5) is 0 Å². The number of nitrogens with one attached hydrogen (secondary N) is 1. The molecule has 5 nitrogen and oxygen atoms in total. The standard InChI is InChI=1S/C23H23N3O2S/c1-4-15-8-7-10-16-18(12-24-21(15)16)20(27)13-29-23-25-19-11-6-5-9-17(19)22(28)26(23)14(2)3/h5-12,14,24H,4,13H2,1-3H3. The maximum absolute atomic E-state index is 13.0. The number of carbonyl (C=O) groups is 1. The number of aromatic amines is 1. The van der Waals surface area contributed by atoms with Crippen molar-refractivity contribution in [2.24, 2.45) is 0 Å². The van der Waals surface area contributed by atoms with Gasteiger partial charge in [0.2, 0.25) is 0 Å². The number of aryl methyl sites for hydroxylation is 1. The SMILES string of the molecule is CCc1cccc2c(C(=O)CSc3nc4ccccc4c(=O)n3C(C)C)c[nH]c12. The Labute approximate surface area is 173 Å². The van der Waals surface area contributed by atoms with E-state index >= 15 is 0 Å². The van der Waals surface area contributed by atoms with Gasteiger partial charge in [0.05, 0.1) is 16.7 Å². The van der Waals surface area contributed by atoms with Crippen molar-refractivity contribution in [3.8, 4) is 0 Å². The molecule has 6 heteroatoms. The maximum Gasteiger partial charge on any atom is 0.262 e. The van der Waals surface area contributed by atoms with E-state index in [1.807, 2.05) is 44.2 Å². The zero-order valence-electron chi connectivity index (χ0n) is 16.7. The van der Waals surface area contributed by atoms with Crippen LogP contribution in [-0.2, 0) is 6.42 Å². The second-order valence-electron chi connectivity index (χ2n) is 7.29. The molecule has 0 unspecified atom stereocenters. The van der Waals surface area contributed by atoms with Crippen molar-refractivity contribution in [2.75, 3.05) is 5.75 Å². The number of fused-ring (bicyclic) bond motifs is 2. The van der Waals surface area contributed by atoms with Gasteiger partial charge in [-0.1, -0.05) is 49.0 Å². The highest BCUT2D eigenvalue weighted by molar-refractivity contribution is 7.99. The summed E-state index contributed by atoms with van der Waals surface area (Å²) in [6.07, 6.45) is 2.69. The molecule has 0 amide bonds. The number of ketones is 1. The lowest BCUT2D eigenvalue weighted by atomic mass is 10.1. The predicted molar refractivity (Wildman–Crippen MR) is 119 cm³/mol. The van der Waals surface area contributed by atoms with Crippen LogP contribution < -0.4 is 5.56 Å². The largest absolute Gasteiger partial charge is 0.360 e. The molecule has 0 aliphatic carbocycles. The number of hydrogen-bond donors (Lipinski definition) is 1. The molecule has 1 N–H and O–H groups in total. The van der Waals surface area contributed by atoms with Crippen molar-refractivity contribution >= 4 is 39.4 Å². The molecule has 0 saturated heterocycles. The van der Waals surface area contributed by atoms with Gasteiger partial charge in [0, 0.05) is 28.7 Å². The van der Waals surface area contributed by atoms with Gasteiger partial charge < -0.3 is 4.98 Å². The van der Waals surface area contributed by atoms with Crippen molar-refractivity contribution in [3.05, 3.63) is 70.1 Å². The topological polar surface area (TPSA) is 67.8 Å². The molecule has 0 spiro atoms. The summed E-state index contributed by atoms with van der Waals surface area (Å²) in [4.78, 5) is 33.8.